The molecule has 3 amide bonds. The summed E-state index contributed by atoms with van der Waals surface area (Å²) in [5.74, 6) is -0.781. The number of thioether (sulfide) groups is 1. The van der Waals surface area contributed by atoms with E-state index in [4.69, 9.17) is 0 Å². The van der Waals surface area contributed by atoms with Crippen LogP contribution in [0.25, 0.3) is 0 Å². The van der Waals surface area contributed by atoms with Crippen molar-refractivity contribution in [1.82, 2.24) is 0 Å². The largest absolute Gasteiger partial charge is 0.506 e. The van der Waals surface area contributed by atoms with Gasteiger partial charge in [-0.2, -0.15) is 14.6 Å². The summed E-state index contributed by atoms with van der Waals surface area (Å²) in [6.45, 7) is 1.83. The van der Waals surface area contributed by atoms with Crippen LogP contribution in [0.2, 0.25) is 0 Å². The van der Waals surface area contributed by atoms with E-state index in [-0.39, 0.29) is 12.5 Å². The highest BCUT2D eigenvalue weighted by molar-refractivity contribution is 8.04. The summed E-state index contributed by atoms with van der Waals surface area (Å²) in [5.41, 5.74) is 2.63. The number of hydrogen-bond acceptors (Lipinski definition) is 4. The lowest BCUT2D eigenvalue weighted by Crippen LogP contribution is -2.55. The van der Waals surface area contributed by atoms with E-state index in [2.05, 4.69) is 6.07 Å². The first-order chi connectivity index (χ1) is 13.5. The number of carbonyl (C=O) groups is 2. The normalized spacial score (nSPS) is 18.5. The average molecular weight is 392 g/mol. The number of rotatable bonds is 3. The van der Waals surface area contributed by atoms with Crippen molar-refractivity contribution in [1.29, 1.82) is 5.26 Å². The van der Waals surface area contributed by atoms with Crippen LogP contribution in [-0.4, -0.2) is 27.5 Å². The van der Waals surface area contributed by atoms with E-state index in [1.54, 1.807) is 42.7 Å². The van der Waals surface area contributed by atoms with Crippen molar-refractivity contribution >= 4 is 35.1 Å². The Balaban J connectivity index is 1.82. The number of aryl methyl sites for hydroxylation is 1. The van der Waals surface area contributed by atoms with Gasteiger partial charge in [-0.3, -0.25) is 0 Å². The monoisotopic (exact) mass is 392 g/mol. The van der Waals surface area contributed by atoms with Crippen LogP contribution in [0.4, 0.5) is 14.9 Å². The number of amides is 3. The van der Waals surface area contributed by atoms with Gasteiger partial charge in [0.25, 0.3) is 0 Å². The molecule has 2 aliphatic heterocycles. The molecule has 0 saturated heterocycles. The molecule has 1 atom stereocenters. The van der Waals surface area contributed by atoms with Gasteiger partial charge < -0.3 is 0 Å². The molecule has 7 heteroatoms. The number of fused-ring (bicyclic) bond motifs is 1. The Morgan fingerprint density at radius 2 is 2.04 bits per heavy atom. The molecule has 0 bridgehead atoms. The molecule has 0 N–H and O–H groups in total. The summed E-state index contributed by atoms with van der Waals surface area (Å²) in [5, 5.41) is 10.6. The van der Waals surface area contributed by atoms with E-state index in [0.29, 0.717) is 28.1 Å². The van der Waals surface area contributed by atoms with Gasteiger partial charge >= 0.3 is 11.9 Å². The van der Waals surface area contributed by atoms with Gasteiger partial charge in [0.15, 0.2) is 5.25 Å². The highest BCUT2D eigenvalue weighted by atomic mass is 32.2. The maximum atomic E-state index is 13.5. The fourth-order valence-corrected chi connectivity index (χ4v) is 4.33. The van der Waals surface area contributed by atoms with Gasteiger partial charge in [0, 0.05) is 5.56 Å². The zero-order chi connectivity index (χ0) is 19.8. The molecule has 2 aromatic rings. The predicted molar refractivity (Wildman–Crippen MR) is 105 cm³/mol. The lowest BCUT2D eigenvalue weighted by Gasteiger charge is -2.25. The van der Waals surface area contributed by atoms with Crippen molar-refractivity contribution in [2.75, 3.05) is 4.90 Å². The minimum atomic E-state index is -0.545. The zero-order valence-electron chi connectivity index (χ0n) is 14.9. The number of benzene rings is 2. The Morgan fingerprint density at radius 1 is 1.25 bits per heavy atom. The first-order valence-electron chi connectivity index (χ1n) is 8.59. The van der Waals surface area contributed by atoms with Crippen LogP contribution in [0.15, 0.2) is 53.9 Å². The maximum Gasteiger partial charge on any atom is 0.506 e. The standard InChI is InChI=1S/C21H15FN3O2S/c1-13-10-16(22)6-7-17(13)25-20(26)19-18(8-9-28-19)24(21(25)27)12-15-5-3-2-4-14(15)11-23/h2-10,19H,12H2,1H3/q+1. The third kappa shape index (κ3) is 2.92. The first kappa shape index (κ1) is 18.1. The van der Waals surface area contributed by atoms with E-state index < -0.39 is 17.1 Å². The van der Waals surface area contributed by atoms with E-state index in [1.165, 1.54) is 34.5 Å². The summed E-state index contributed by atoms with van der Waals surface area (Å²) in [4.78, 5) is 27.4. The van der Waals surface area contributed by atoms with Crippen LogP contribution in [0.5, 0.6) is 0 Å². The minimum Gasteiger partial charge on any atom is -0.244 e. The van der Waals surface area contributed by atoms with Gasteiger partial charge in [-0.1, -0.05) is 18.2 Å². The number of allylic oxidation sites excluding steroid dienone is 1. The number of hydrogen-bond donors (Lipinski definition) is 0. The molecule has 0 aromatic heterocycles. The molecular formula is C21H15FN3O2S+. The quantitative estimate of drug-likeness (QED) is 0.746. The van der Waals surface area contributed by atoms with E-state index in [9.17, 15) is 19.2 Å². The zero-order valence-corrected chi connectivity index (χ0v) is 15.7. The smallest absolute Gasteiger partial charge is 0.244 e. The van der Waals surface area contributed by atoms with E-state index in [0.717, 1.165) is 4.90 Å². The summed E-state index contributed by atoms with van der Waals surface area (Å²) in [6, 6.07) is 12.6. The van der Waals surface area contributed by atoms with Crippen LogP contribution in [0, 0.1) is 24.1 Å². The lowest BCUT2D eigenvalue weighted by molar-refractivity contribution is -0.444. The second-order valence-corrected chi connectivity index (χ2v) is 7.50. The molecule has 0 fully saturated rings. The molecular weight excluding hydrogens is 377 g/mol. The van der Waals surface area contributed by atoms with E-state index >= 15 is 0 Å². The molecule has 28 heavy (non-hydrogen) atoms. The van der Waals surface area contributed by atoms with Crippen molar-refractivity contribution in [3.63, 3.8) is 0 Å². The predicted octanol–water partition coefficient (Wildman–Crippen LogP) is 3.76. The number of carbonyl (C=O) groups excluding carboxylic acids is 2. The van der Waals surface area contributed by atoms with Crippen LogP contribution in [0.3, 0.4) is 0 Å². The molecule has 0 saturated carbocycles. The number of halogens is 1. The van der Waals surface area contributed by atoms with Crippen molar-refractivity contribution in [3.8, 4) is 6.07 Å². The van der Waals surface area contributed by atoms with Gasteiger partial charge in [-0.05, 0) is 48.2 Å². The van der Waals surface area contributed by atoms with Crippen molar-refractivity contribution in [3.05, 3.63) is 76.5 Å². The minimum absolute atomic E-state index is 0.170. The molecule has 0 aliphatic carbocycles. The van der Waals surface area contributed by atoms with Crippen LogP contribution < -0.4 is 4.90 Å². The molecule has 2 aliphatic rings. The topological polar surface area (TPSA) is 64.2 Å². The summed E-state index contributed by atoms with van der Waals surface area (Å²) >= 11 is 1.33. The van der Waals surface area contributed by atoms with Crippen LogP contribution in [0.1, 0.15) is 16.7 Å². The molecule has 5 nitrogen and oxygen atoms in total. The Kier molecular flexibility index (Phi) is 4.57. The fraction of sp³-hybridized carbons (Fsp3) is 0.143. The van der Waals surface area contributed by atoms with Crippen molar-refractivity contribution in [2.24, 2.45) is 0 Å². The molecule has 2 aromatic carbocycles. The van der Waals surface area contributed by atoms with Crippen molar-refractivity contribution in [2.45, 2.75) is 18.7 Å². The van der Waals surface area contributed by atoms with Crippen molar-refractivity contribution < 1.29 is 18.6 Å². The molecule has 0 spiro atoms. The summed E-state index contributed by atoms with van der Waals surface area (Å²) in [6.07, 6.45) is 1.76. The highest BCUT2D eigenvalue weighted by Crippen LogP contribution is 2.32. The van der Waals surface area contributed by atoms with Gasteiger partial charge in [0.1, 0.15) is 23.8 Å². The molecule has 0 radical (unpaired) electrons. The number of urea groups is 1. The molecule has 2 heterocycles. The summed E-state index contributed by atoms with van der Waals surface area (Å²) < 4.78 is 15.0. The molecule has 1 unspecified atom stereocenters. The third-order valence-corrected chi connectivity index (χ3v) is 5.78. The number of nitrogens with zero attached hydrogens (tertiary/aromatic N) is 3. The number of nitriles is 1. The second-order valence-electron chi connectivity index (χ2n) is 6.49. The Hall–Kier alpha value is -3.24. The second kappa shape index (κ2) is 7.06. The average Bonchev–Trinajstić information content (AvgIpc) is 3.17. The number of imide groups is 1. The fourth-order valence-electron chi connectivity index (χ4n) is 3.39. The maximum absolute atomic E-state index is 13.5. The first-order valence-corrected chi connectivity index (χ1v) is 9.54. The Morgan fingerprint density at radius 3 is 2.79 bits per heavy atom. The highest BCUT2D eigenvalue weighted by Gasteiger charge is 2.50. The summed E-state index contributed by atoms with van der Waals surface area (Å²) in [7, 11) is 0. The Labute approximate surface area is 165 Å². The molecule has 4 rings (SSSR count). The van der Waals surface area contributed by atoms with Crippen LogP contribution in [-0.2, 0) is 11.3 Å². The third-order valence-electron chi connectivity index (χ3n) is 4.77. The van der Waals surface area contributed by atoms with Gasteiger partial charge in [0.2, 0.25) is 0 Å². The van der Waals surface area contributed by atoms with E-state index in [1.807, 2.05) is 0 Å². The molecule has 138 valence electrons. The van der Waals surface area contributed by atoms with Gasteiger partial charge in [-0.25, -0.2) is 9.18 Å². The number of anilines is 1. The Bertz CT molecular complexity index is 1120. The SMILES string of the molecule is Cc1cc(F)ccc1N1C(=O)C2SC=CC2=[N+](Cc2ccccc2C#N)C1=O. The van der Waals surface area contributed by atoms with Gasteiger partial charge in [0.05, 0.1) is 11.6 Å². The van der Waals surface area contributed by atoms with Crippen LogP contribution >= 0.6 is 11.8 Å². The van der Waals surface area contributed by atoms with Gasteiger partial charge in [-0.15, -0.1) is 16.7 Å². The lowest BCUT2D eigenvalue weighted by atomic mass is 10.1.